The lowest BCUT2D eigenvalue weighted by atomic mass is 10.0. The van der Waals surface area contributed by atoms with Gasteiger partial charge in [-0.2, -0.15) is 0 Å². The summed E-state index contributed by atoms with van der Waals surface area (Å²) in [5, 5.41) is 17.0. The van der Waals surface area contributed by atoms with E-state index in [0.29, 0.717) is 17.7 Å². The predicted molar refractivity (Wildman–Crippen MR) is 142 cm³/mol. The number of rotatable bonds is 13. The van der Waals surface area contributed by atoms with Gasteiger partial charge in [-0.1, -0.05) is 27.7 Å². The first-order valence-corrected chi connectivity index (χ1v) is 13.6. The smallest absolute Gasteiger partial charge is 0.416 e. The van der Waals surface area contributed by atoms with Crippen molar-refractivity contribution in [1.82, 2.24) is 25.8 Å². The zero-order chi connectivity index (χ0) is 31.0. The number of nitrogens with one attached hydrogen (secondary N) is 3. The lowest BCUT2D eigenvalue weighted by Gasteiger charge is -2.28. The molecule has 15 nitrogen and oxygen atoms in total. The number of methoxy groups -OCH3 is 1. The van der Waals surface area contributed by atoms with Gasteiger partial charge in [-0.15, -0.1) is 0 Å². The van der Waals surface area contributed by atoms with E-state index in [0.717, 1.165) is 7.11 Å². The number of carboxylic acid groups (broad SMARTS) is 1. The minimum atomic E-state index is -1.20. The van der Waals surface area contributed by atoms with Crippen LogP contribution in [0.25, 0.3) is 0 Å². The zero-order valence-electron chi connectivity index (χ0n) is 24.3. The summed E-state index contributed by atoms with van der Waals surface area (Å²) >= 11 is 0. The summed E-state index contributed by atoms with van der Waals surface area (Å²) in [6, 6.07) is -2.99. The lowest BCUT2D eigenvalue weighted by Crippen LogP contribution is -2.53. The Bertz CT molecular complexity index is 1030. The molecule has 0 saturated carbocycles. The molecule has 2 saturated heterocycles. The maximum Gasteiger partial charge on any atom is 0.416 e. The number of imide groups is 1. The van der Waals surface area contributed by atoms with E-state index in [4.69, 9.17) is 4.74 Å². The first kappa shape index (κ1) is 33.5. The average molecular weight is 584 g/mol. The second kappa shape index (κ2) is 14.8. The number of epoxide rings is 1. The molecule has 5 unspecified atom stereocenters. The summed E-state index contributed by atoms with van der Waals surface area (Å²) < 4.78 is 9.73. The van der Waals surface area contributed by atoms with E-state index in [-0.39, 0.29) is 31.2 Å². The number of aliphatic carboxylic acids is 1. The van der Waals surface area contributed by atoms with Crippen LogP contribution in [0.1, 0.15) is 53.4 Å². The average Bonchev–Trinajstić information content (AvgIpc) is 3.56. The van der Waals surface area contributed by atoms with Gasteiger partial charge in [0.25, 0.3) is 17.7 Å². The second-order valence-corrected chi connectivity index (χ2v) is 11.0. The number of likely N-dealkylation sites (N-methyl/N-ethyl adjacent to an activating group) is 1. The Morgan fingerprint density at radius 2 is 1.49 bits per heavy atom. The molecule has 15 heteroatoms. The number of amides is 6. The van der Waals surface area contributed by atoms with Gasteiger partial charge in [0.1, 0.15) is 18.1 Å². The topological polar surface area (TPSA) is 204 Å². The van der Waals surface area contributed by atoms with Crippen molar-refractivity contribution in [3.05, 3.63) is 0 Å². The monoisotopic (exact) mass is 583 g/mol. The van der Waals surface area contributed by atoms with Crippen LogP contribution in [0.5, 0.6) is 0 Å². The number of hydrogen-bond acceptors (Lipinski definition) is 9. The highest BCUT2D eigenvalue weighted by Gasteiger charge is 2.52. The summed E-state index contributed by atoms with van der Waals surface area (Å²) in [7, 11) is 2.30. The van der Waals surface area contributed by atoms with Crippen LogP contribution in [0.3, 0.4) is 0 Å². The third kappa shape index (κ3) is 9.40. The van der Waals surface area contributed by atoms with Crippen LogP contribution >= 0.6 is 0 Å². The van der Waals surface area contributed by atoms with Crippen molar-refractivity contribution in [2.45, 2.75) is 83.7 Å². The molecule has 2 heterocycles. The highest BCUT2D eigenvalue weighted by Crippen LogP contribution is 2.25. The van der Waals surface area contributed by atoms with Gasteiger partial charge in [0, 0.05) is 13.6 Å². The number of carboxylic acids is 1. The van der Waals surface area contributed by atoms with Crippen molar-refractivity contribution in [3.63, 3.8) is 0 Å². The van der Waals surface area contributed by atoms with Gasteiger partial charge in [0.15, 0.2) is 12.2 Å². The van der Waals surface area contributed by atoms with Gasteiger partial charge in [-0.25, -0.2) is 14.5 Å². The molecule has 0 radical (unpaired) electrons. The Hall–Kier alpha value is -3.75. The first-order valence-electron chi connectivity index (χ1n) is 13.6. The van der Waals surface area contributed by atoms with Crippen LogP contribution in [-0.4, -0.2) is 114 Å². The fraction of sp³-hybridized carbons (Fsp3) is 0.731. The van der Waals surface area contributed by atoms with Gasteiger partial charge in [-0.05, 0) is 37.5 Å². The molecule has 0 aromatic rings. The molecular weight excluding hydrogens is 542 g/mol. The first-order chi connectivity index (χ1) is 19.2. The number of ether oxygens (including phenoxy) is 2. The van der Waals surface area contributed by atoms with Gasteiger partial charge < -0.3 is 35.4 Å². The molecule has 2 fully saturated rings. The van der Waals surface area contributed by atoms with Crippen LogP contribution < -0.4 is 16.0 Å². The number of carbonyl (C=O) groups is 7. The molecule has 0 bridgehead atoms. The predicted octanol–water partition coefficient (Wildman–Crippen LogP) is -0.768. The van der Waals surface area contributed by atoms with Gasteiger partial charge >= 0.3 is 12.1 Å². The third-order valence-electron chi connectivity index (χ3n) is 6.73. The van der Waals surface area contributed by atoms with E-state index in [9.17, 15) is 38.7 Å². The van der Waals surface area contributed by atoms with Gasteiger partial charge in [-0.3, -0.25) is 24.0 Å². The standard InChI is InChI=1S/C26H41N5O10/c1-13(2)10-15(21(33)27-12-18(32)30(5)26(39)40-6)28-22(34)19-20(41-19)23(35)29-16(11-14(3)4)24(36)31-9-7-8-17(31)25(37)38/h13-17,19-20H,7-12H2,1-6H3,(H,27,33)(H,28,34)(H,29,35)(H,37,38). The zero-order valence-corrected chi connectivity index (χ0v) is 24.3. The second-order valence-electron chi connectivity index (χ2n) is 11.0. The van der Waals surface area contributed by atoms with E-state index in [1.807, 2.05) is 27.7 Å². The molecule has 41 heavy (non-hydrogen) atoms. The molecule has 0 aromatic carbocycles. The van der Waals surface area contributed by atoms with Crippen molar-refractivity contribution < 1.29 is 48.1 Å². The maximum atomic E-state index is 13.1. The van der Waals surface area contributed by atoms with E-state index in [1.54, 1.807) is 0 Å². The third-order valence-corrected chi connectivity index (χ3v) is 6.73. The highest BCUT2D eigenvalue weighted by atomic mass is 16.6. The molecule has 2 aliphatic rings. The number of hydrogen-bond donors (Lipinski definition) is 4. The van der Waals surface area contributed by atoms with Crippen LogP contribution in [-0.2, 0) is 38.2 Å². The molecule has 2 rings (SSSR count). The molecule has 0 aliphatic carbocycles. The van der Waals surface area contributed by atoms with Crippen LogP contribution in [0.15, 0.2) is 0 Å². The molecular formula is C26H41N5O10. The fourth-order valence-electron chi connectivity index (χ4n) is 4.55. The normalized spacial score (nSPS) is 21.1. The van der Waals surface area contributed by atoms with Crippen molar-refractivity contribution in [1.29, 1.82) is 0 Å². The summed E-state index contributed by atoms with van der Waals surface area (Å²) in [6.07, 6.45) is -1.93. The minimum absolute atomic E-state index is 0.00365. The Balaban J connectivity index is 1.99. The maximum absolute atomic E-state index is 13.1. The van der Waals surface area contributed by atoms with Crippen molar-refractivity contribution in [2.24, 2.45) is 11.8 Å². The Kier molecular flexibility index (Phi) is 12.0. The van der Waals surface area contributed by atoms with E-state index in [1.165, 1.54) is 11.9 Å². The van der Waals surface area contributed by atoms with E-state index < -0.39 is 78.5 Å². The molecule has 5 atom stereocenters. The van der Waals surface area contributed by atoms with Crippen molar-refractivity contribution in [2.75, 3.05) is 27.2 Å². The Labute approximate surface area is 238 Å². The van der Waals surface area contributed by atoms with Crippen molar-refractivity contribution >= 4 is 41.6 Å². The van der Waals surface area contributed by atoms with Gasteiger partial charge in [0.05, 0.1) is 13.7 Å². The number of likely N-dealkylation sites (tertiary alicyclic amines) is 1. The largest absolute Gasteiger partial charge is 0.480 e. The molecule has 230 valence electrons. The summed E-state index contributed by atoms with van der Waals surface area (Å²) in [6.45, 7) is 7.13. The molecule has 4 N–H and O–H groups in total. The lowest BCUT2D eigenvalue weighted by molar-refractivity contribution is -0.149. The Morgan fingerprint density at radius 3 is 2.00 bits per heavy atom. The van der Waals surface area contributed by atoms with E-state index in [2.05, 4.69) is 20.7 Å². The molecule has 6 amide bonds. The minimum Gasteiger partial charge on any atom is -0.480 e. The van der Waals surface area contributed by atoms with Crippen LogP contribution in [0.2, 0.25) is 0 Å². The van der Waals surface area contributed by atoms with Crippen LogP contribution in [0, 0.1) is 11.8 Å². The molecule has 2 aliphatic heterocycles. The molecule has 0 spiro atoms. The summed E-state index contributed by atoms with van der Waals surface area (Å²) in [4.78, 5) is 88.7. The fourth-order valence-corrected chi connectivity index (χ4v) is 4.55. The SMILES string of the molecule is COC(=O)N(C)C(=O)CNC(=O)C(CC(C)C)NC(=O)C1OC1C(=O)NC(CC(C)C)C(=O)N1CCCC1C(=O)O. The summed E-state index contributed by atoms with van der Waals surface area (Å²) in [5.74, 6) is -4.44. The van der Waals surface area contributed by atoms with Gasteiger partial charge in [0.2, 0.25) is 11.8 Å². The molecule has 0 aromatic heterocycles. The quantitative estimate of drug-likeness (QED) is 0.199. The number of carbonyl (C=O) groups excluding carboxylic acids is 6. The van der Waals surface area contributed by atoms with Crippen LogP contribution in [0.4, 0.5) is 4.79 Å². The Morgan fingerprint density at radius 1 is 0.951 bits per heavy atom. The van der Waals surface area contributed by atoms with Crippen molar-refractivity contribution in [3.8, 4) is 0 Å². The summed E-state index contributed by atoms with van der Waals surface area (Å²) in [5.41, 5.74) is 0. The van der Waals surface area contributed by atoms with E-state index >= 15 is 0 Å². The highest BCUT2D eigenvalue weighted by molar-refractivity contribution is 5.99. The number of nitrogens with zero attached hydrogens (tertiary/aromatic N) is 2.